The lowest BCUT2D eigenvalue weighted by molar-refractivity contribution is 0.569. The lowest BCUT2D eigenvalue weighted by Gasteiger charge is -2.26. The first-order valence-corrected chi connectivity index (χ1v) is 7.18. The molecule has 21 heavy (non-hydrogen) atoms. The van der Waals surface area contributed by atoms with E-state index in [-0.39, 0.29) is 5.92 Å². The highest BCUT2D eigenvalue weighted by molar-refractivity contribution is 5.40. The smallest absolute Gasteiger partial charge is 0.0736 e. The molecule has 4 heteroatoms. The van der Waals surface area contributed by atoms with Gasteiger partial charge in [-0.15, -0.1) is 5.10 Å². The number of benzene rings is 2. The number of nitrogens with one attached hydrogen (secondary N) is 1. The topological polar surface area (TPSA) is 42.7 Å². The van der Waals surface area contributed by atoms with E-state index in [1.165, 1.54) is 11.1 Å². The van der Waals surface area contributed by atoms with Crippen molar-refractivity contribution in [3.05, 3.63) is 77.6 Å². The molecule has 0 saturated carbocycles. The fourth-order valence-corrected chi connectivity index (χ4v) is 3.01. The molecule has 1 aliphatic heterocycles. The number of fused-ring (bicyclic) bond motifs is 1. The maximum atomic E-state index is 4.27. The van der Waals surface area contributed by atoms with Gasteiger partial charge in [0.2, 0.25) is 0 Å². The zero-order valence-corrected chi connectivity index (χ0v) is 11.6. The van der Waals surface area contributed by atoms with Gasteiger partial charge >= 0.3 is 0 Å². The molecule has 0 amide bonds. The zero-order valence-electron chi connectivity index (χ0n) is 11.6. The summed E-state index contributed by atoms with van der Waals surface area (Å²) >= 11 is 0. The van der Waals surface area contributed by atoms with E-state index >= 15 is 0 Å². The number of hydrogen-bond donors (Lipinski definition) is 1. The fourth-order valence-electron chi connectivity index (χ4n) is 3.01. The highest BCUT2D eigenvalue weighted by Gasteiger charge is 2.25. The second-order valence-electron chi connectivity index (χ2n) is 5.29. The minimum atomic E-state index is 0.283. The molecule has 4 nitrogen and oxygen atoms in total. The molecule has 2 aromatic carbocycles. The van der Waals surface area contributed by atoms with Crippen molar-refractivity contribution >= 4 is 0 Å². The normalized spacial score (nSPS) is 17.4. The Kier molecular flexibility index (Phi) is 3.01. The van der Waals surface area contributed by atoms with Crippen molar-refractivity contribution in [2.45, 2.75) is 12.5 Å². The average Bonchev–Trinajstić information content (AvgIpc) is 3.04. The van der Waals surface area contributed by atoms with Gasteiger partial charge in [0.1, 0.15) is 0 Å². The van der Waals surface area contributed by atoms with Crippen molar-refractivity contribution in [1.29, 1.82) is 0 Å². The van der Waals surface area contributed by atoms with Crippen LogP contribution in [0.1, 0.15) is 22.7 Å². The van der Waals surface area contributed by atoms with Gasteiger partial charge in [-0.2, -0.15) is 0 Å². The third-order valence-corrected chi connectivity index (χ3v) is 4.03. The van der Waals surface area contributed by atoms with Gasteiger partial charge < -0.3 is 5.32 Å². The number of aromatic nitrogens is 3. The van der Waals surface area contributed by atoms with Crippen LogP contribution in [-0.2, 0) is 6.54 Å². The fraction of sp³-hybridized carbons (Fsp3) is 0.176. The molecule has 3 aromatic rings. The van der Waals surface area contributed by atoms with Crippen molar-refractivity contribution in [1.82, 2.24) is 20.3 Å². The summed E-state index contributed by atoms with van der Waals surface area (Å²) in [6, 6.07) is 18.8. The van der Waals surface area contributed by atoms with Gasteiger partial charge in [0, 0.05) is 19.0 Å². The summed E-state index contributed by atoms with van der Waals surface area (Å²) in [6.45, 7) is 1.84. The van der Waals surface area contributed by atoms with Crippen LogP contribution in [-0.4, -0.2) is 21.5 Å². The van der Waals surface area contributed by atoms with Gasteiger partial charge in [0.25, 0.3) is 0 Å². The van der Waals surface area contributed by atoms with Gasteiger partial charge in [-0.3, -0.25) is 0 Å². The molecule has 0 radical (unpaired) electrons. The summed E-state index contributed by atoms with van der Waals surface area (Å²) in [5.41, 5.74) is 4.90. The molecule has 0 aliphatic carbocycles. The molecule has 2 heterocycles. The Morgan fingerprint density at radius 1 is 1.00 bits per heavy atom. The number of hydrogen-bond acceptors (Lipinski definition) is 3. The molecule has 1 aromatic heterocycles. The van der Waals surface area contributed by atoms with E-state index in [2.05, 4.69) is 52.0 Å². The zero-order chi connectivity index (χ0) is 14.1. The first kappa shape index (κ1) is 12.3. The highest BCUT2D eigenvalue weighted by atomic mass is 15.4. The molecule has 0 saturated heterocycles. The quantitative estimate of drug-likeness (QED) is 0.782. The van der Waals surface area contributed by atoms with Gasteiger partial charge in [0.05, 0.1) is 17.6 Å². The third-order valence-electron chi connectivity index (χ3n) is 4.03. The molecule has 104 valence electrons. The molecular weight excluding hydrogens is 260 g/mol. The van der Waals surface area contributed by atoms with E-state index < -0.39 is 0 Å². The Hall–Kier alpha value is -2.46. The summed E-state index contributed by atoms with van der Waals surface area (Å²) in [7, 11) is 0. The summed E-state index contributed by atoms with van der Waals surface area (Å²) in [5.74, 6) is 0.283. The maximum Gasteiger partial charge on any atom is 0.0736 e. The van der Waals surface area contributed by atoms with Crippen molar-refractivity contribution < 1.29 is 0 Å². The molecule has 1 atom stereocenters. The van der Waals surface area contributed by atoms with Crippen LogP contribution in [0.3, 0.4) is 0 Å². The molecule has 0 spiro atoms. The van der Waals surface area contributed by atoms with Gasteiger partial charge in [-0.05, 0) is 23.3 Å². The molecule has 0 bridgehead atoms. The monoisotopic (exact) mass is 276 g/mol. The Morgan fingerprint density at radius 3 is 2.71 bits per heavy atom. The second kappa shape index (κ2) is 5.14. The number of rotatable bonds is 2. The summed E-state index contributed by atoms with van der Waals surface area (Å²) in [5, 5.41) is 11.9. The van der Waals surface area contributed by atoms with Crippen LogP contribution in [0.5, 0.6) is 0 Å². The van der Waals surface area contributed by atoms with Crippen molar-refractivity contribution in [2.24, 2.45) is 0 Å². The molecular formula is C17H16N4. The van der Waals surface area contributed by atoms with Gasteiger partial charge in [0.15, 0.2) is 0 Å². The van der Waals surface area contributed by atoms with Crippen LogP contribution in [0.25, 0.3) is 5.69 Å². The number of para-hydroxylation sites is 1. The van der Waals surface area contributed by atoms with Gasteiger partial charge in [-0.25, -0.2) is 4.68 Å². The van der Waals surface area contributed by atoms with Crippen molar-refractivity contribution in [2.75, 3.05) is 6.54 Å². The molecule has 1 unspecified atom stereocenters. The van der Waals surface area contributed by atoms with E-state index in [4.69, 9.17) is 0 Å². The Labute approximate surface area is 123 Å². The first-order chi connectivity index (χ1) is 10.4. The standard InChI is InChI=1S/C17H16N4/c1-2-7-14(8-3-1)21-17(12-19-20-21)16-11-18-10-13-6-4-5-9-15(13)16/h1-9,12,16,18H,10-11H2. The van der Waals surface area contributed by atoms with Crippen molar-refractivity contribution in [3.8, 4) is 5.69 Å². The predicted octanol–water partition coefficient (Wildman–Crippen LogP) is 2.50. The Bertz CT molecular complexity index is 748. The Morgan fingerprint density at radius 2 is 1.81 bits per heavy atom. The molecule has 1 aliphatic rings. The first-order valence-electron chi connectivity index (χ1n) is 7.18. The lowest BCUT2D eigenvalue weighted by Crippen LogP contribution is -2.30. The van der Waals surface area contributed by atoms with Crippen LogP contribution < -0.4 is 5.32 Å². The van der Waals surface area contributed by atoms with Crippen LogP contribution >= 0.6 is 0 Å². The van der Waals surface area contributed by atoms with Gasteiger partial charge in [-0.1, -0.05) is 47.7 Å². The molecule has 1 N–H and O–H groups in total. The minimum Gasteiger partial charge on any atom is -0.312 e. The molecule has 4 rings (SSSR count). The second-order valence-corrected chi connectivity index (χ2v) is 5.29. The van der Waals surface area contributed by atoms with Crippen molar-refractivity contribution in [3.63, 3.8) is 0 Å². The van der Waals surface area contributed by atoms with Crippen LogP contribution in [0.15, 0.2) is 60.8 Å². The SMILES string of the molecule is c1ccc(-n2nncc2C2CNCc3ccccc32)cc1. The summed E-state index contributed by atoms with van der Waals surface area (Å²) < 4.78 is 1.94. The summed E-state index contributed by atoms with van der Waals surface area (Å²) in [6.07, 6.45) is 1.88. The van der Waals surface area contributed by atoms with E-state index in [1.807, 2.05) is 29.1 Å². The van der Waals surface area contributed by atoms with E-state index in [0.717, 1.165) is 24.5 Å². The average molecular weight is 276 g/mol. The predicted molar refractivity (Wildman–Crippen MR) is 81.4 cm³/mol. The third kappa shape index (κ3) is 2.14. The van der Waals surface area contributed by atoms with Crippen LogP contribution in [0.4, 0.5) is 0 Å². The number of nitrogens with zero attached hydrogens (tertiary/aromatic N) is 3. The van der Waals surface area contributed by atoms with Crippen LogP contribution in [0, 0.1) is 0 Å². The van der Waals surface area contributed by atoms with E-state index in [0.29, 0.717) is 0 Å². The lowest BCUT2D eigenvalue weighted by atomic mass is 9.88. The Balaban J connectivity index is 1.81. The highest BCUT2D eigenvalue weighted by Crippen LogP contribution is 2.30. The summed E-state index contributed by atoms with van der Waals surface area (Å²) in [4.78, 5) is 0. The maximum absolute atomic E-state index is 4.27. The van der Waals surface area contributed by atoms with E-state index in [9.17, 15) is 0 Å². The van der Waals surface area contributed by atoms with Crippen LogP contribution in [0.2, 0.25) is 0 Å². The minimum absolute atomic E-state index is 0.283. The van der Waals surface area contributed by atoms with E-state index in [1.54, 1.807) is 0 Å². The largest absolute Gasteiger partial charge is 0.312 e. The molecule has 0 fully saturated rings.